The molecule has 0 bridgehead atoms. The molecular weight excluding hydrogens is 418 g/mol. The average molecular weight is 444 g/mol. The number of rotatable bonds is 6. The Labute approximate surface area is 186 Å². The van der Waals surface area contributed by atoms with Crippen molar-refractivity contribution >= 4 is 34.2 Å². The van der Waals surface area contributed by atoms with E-state index in [-0.39, 0.29) is 17.2 Å². The molecule has 1 aromatic heterocycles. The molecule has 0 aliphatic carbocycles. The van der Waals surface area contributed by atoms with Crippen LogP contribution < -0.4 is 20.1 Å². The highest BCUT2D eigenvalue weighted by atomic mass is 35.5. The SMILES string of the molecule is COc1cc2c(Oc3ccc(NC(=O)NCCC(C)(C)C)c(Cl)c3)ccnc2cc1O. The highest BCUT2D eigenvalue weighted by Gasteiger charge is 2.13. The summed E-state index contributed by atoms with van der Waals surface area (Å²) in [4.78, 5) is 16.4. The minimum absolute atomic E-state index is 0.00102. The van der Waals surface area contributed by atoms with Crippen molar-refractivity contribution in [3.8, 4) is 23.0 Å². The normalized spacial score (nSPS) is 11.3. The number of hydrogen-bond acceptors (Lipinski definition) is 5. The van der Waals surface area contributed by atoms with Crippen molar-refractivity contribution in [1.82, 2.24) is 10.3 Å². The molecule has 2 aromatic carbocycles. The smallest absolute Gasteiger partial charge is 0.319 e. The summed E-state index contributed by atoms with van der Waals surface area (Å²) in [6.07, 6.45) is 2.45. The lowest BCUT2D eigenvalue weighted by Crippen LogP contribution is -2.31. The Kier molecular flexibility index (Phi) is 6.75. The van der Waals surface area contributed by atoms with Crippen molar-refractivity contribution in [3.63, 3.8) is 0 Å². The molecule has 164 valence electrons. The van der Waals surface area contributed by atoms with E-state index in [4.69, 9.17) is 21.1 Å². The third kappa shape index (κ3) is 5.92. The highest BCUT2D eigenvalue weighted by molar-refractivity contribution is 6.33. The Morgan fingerprint density at radius 3 is 2.61 bits per heavy atom. The number of nitrogens with one attached hydrogen (secondary N) is 2. The lowest BCUT2D eigenvalue weighted by atomic mass is 9.92. The summed E-state index contributed by atoms with van der Waals surface area (Å²) in [6, 6.07) is 9.58. The second-order valence-electron chi connectivity index (χ2n) is 8.29. The summed E-state index contributed by atoms with van der Waals surface area (Å²) >= 11 is 6.35. The summed E-state index contributed by atoms with van der Waals surface area (Å²) in [5, 5.41) is 16.6. The molecule has 0 aliphatic rings. The van der Waals surface area contributed by atoms with Crippen LogP contribution in [0.25, 0.3) is 10.9 Å². The zero-order chi connectivity index (χ0) is 22.6. The predicted molar refractivity (Wildman–Crippen MR) is 123 cm³/mol. The second-order valence-corrected chi connectivity index (χ2v) is 8.69. The van der Waals surface area contributed by atoms with E-state index in [9.17, 15) is 9.90 Å². The van der Waals surface area contributed by atoms with Crippen molar-refractivity contribution in [2.45, 2.75) is 27.2 Å². The van der Waals surface area contributed by atoms with Crippen LogP contribution in [0.2, 0.25) is 5.02 Å². The molecule has 0 atom stereocenters. The Morgan fingerprint density at radius 1 is 1.16 bits per heavy atom. The number of phenols is 1. The number of carbonyl (C=O) groups is 1. The third-order valence-electron chi connectivity index (χ3n) is 4.58. The van der Waals surface area contributed by atoms with Gasteiger partial charge in [-0.1, -0.05) is 32.4 Å². The number of aromatic nitrogens is 1. The van der Waals surface area contributed by atoms with Gasteiger partial charge in [-0.15, -0.1) is 0 Å². The molecule has 3 N–H and O–H groups in total. The molecule has 1 heterocycles. The maximum atomic E-state index is 12.1. The van der Waals surface area contributed by atoms with E-state index in [0.29, 0.717) is 45.4 Å². The molecular formula is C23H26ClN3O4. The molecule has 2 amide bonds. The van der Waals surface area contributed by atoms with E-state index in [1.54, 1.807) is 36.5 Å². The number of nitrogens with zero attached hydrogens (tertiary/aromatic N) is 1. The third-order valence-corrected chi connectivity index (χ3v) is 4.89. The standard InChI is InChI=1S/C23H26ClN3O4/c1-23(2,3)8-10-26-22(29)27-17-6-5-14(11-16(17)24)31-20-7-9-25-18-13-19(28)21(30-4)12-15(18)20/h5-7,9,11-13,28H,8,10H2,1-4H3,(H2,26,27,29). The summed E-state index contributed by atoms with van der Waals surface area (Å²) < 4.78 is 11.2. The average Bonchev–Trinajstić information content (AvgIpc) is 2.69. The number of anilines is 1. The molecule has 0 fully saturated rings. The summed E-state index contributed by atoms with van der Waals surface area (Å²) in [6.45, 7) is 6.93. The molecule has 31 heavy (non-hydrogen) atoms. The van der Waals surface area contributed by atoms with Gasteiger partial charge in [0.1, 0.15) is 11.5 Å². The van der Waals surface area contributed by atoms with Gasteiger partial charge in [-0.2, -0.15) is 0 Å². The van der Waals surface area contributed by atoms with Gasteiger partial charge < -0.3 is 25.2 Å². The number of benzene rings is 2. The molecule has 0 aliphatic heterocycles. The molecule has 8 heteroatoms. The van der Waals surface area contributed by atoms with E-state index in [1.807, 2.05) is 0 Å². The Hall–Kier alpha value is -3.19. The quantitative estimate of drug-likeness (QED) is 0.437. The topological polar surface area (TPSA) is 92.7 Å². The first kappa shape index (κ1) is 22.5. The van der Waals surface area contributed by atoms with Crippen molar-refractivity contribution in [1.29, 1.82) is 0 Å². The minimum Gasteiger partial charge on any atom is -0.504 e. The largest absolute Gasteiger partial charge is 0.504 e. The fraction of sp³-hybridized carbons (Fsp3) is 0.304. The maximum Gasteiger partial charge on any atom is 0.319 e. The van der Waals surface area contributed by atoms with Gasteiger partial charge in [0.25, 0.3) is 0 Å². The van der Waals surface area contributed by atoms with Crippen LogP contribution in [0.1, 0.15) is 27.2 Å². The number of phenolic OH excluding ortho intramolecular Hbond substituents is 1. The van der Waals surface area contributed by atoms with Crippen LogP contribution >= 0.6 is 11.6 Å². The number of amides is 2. The van der Waals surface area contributed by atoms with Crippen LogP contribution in [0, 0.1) is 5.41 Å². The van der Waals surface area contributed by atoms with Crippen LogP contribution in [0.15, 0.2) is 42.6 Å². The molecule has 0 radical (unpaired) electrons. The first-order chi connectivity index (χ1) is 14.7. The van der Waals surface area contributed by atoms with E-state index in [1.165, 1.54) is 13.2 Å². The lowest BCUT2D eigenvalue weighted by molar-refractivity contribution is 0.250. The summed E-state index contributed by atoms with van der Waals surface area (Å²) in [5.41, 5.74) is 1.18. The van der Waals surface area contributed by atoms with Gasteiger partial charge in [-0.3, -0.25) is 4.98 Å². The van der Waals surface area contributed by atoms with Gasteiger partial charge in [0.05, 0.1) is 23.3 Å². The zero-order valence-corrected chi connectivity index (χ0v) is 18.7. The summed E-state index contributed by atoms with van der Waals surface area (Å²) in [7, 11) is 1.47. The minimum atomic E-state index is -0.313. The van der Waals surface area contributed by atoms with E-state index < -0.39 is 0 Å². The summed E-state index contributed by atoms with van der Waals surface area (Å²) in [5.74, 6) is 1.34. The van der Waals surface area contributed by atoms with Crippen molar-refractivity contribution in [2.75, 3.05) is 19.0 Å². The van der Waals surface area contributed by atoms with Crippen molar-refractivity contribution < 1.29 is 19.4 Å². The van der Waals surface area contributed by atoms with Crippen molar-refractivity contribution in [3.05, 3.63) is 47.6 Å². The fourth-order valence-electron chi connectivity index (χ4n) is 2.89. The predicted octanol–water partition coefficient (Wildman–Crippen LogP) is 5.95. The number of halogens is 1. The number of aromatic hydroxyl groups is 1. The molecule has 7 nitrogen and oxygen atoms in total. The lowest BCUT2D eigenvalue weighted by Gasteiger charge is -2.18. The highest BCUT2D eigenvalue weighted by Crippen LogP contribution is 2.37. The van der Waals surface area contributed by atoms with Gasteiger partial charge in [-0.05, 0) is 36.1 Å². The number of hydrogen-bond donors (Lipinski definition) is 3. The van der Waals surface area contributed by atoms with Gasteiger partial charge in [0, 0.05) is 30.3 Å². The first-order valence-corrected chi connectivity index (χ1v) is 10.2. The molecule has 3 rings (SSSR count). The number of methoxy groups -OCH3 is 1. The monoisotopic (exact) mass is 443 g/mol. The van der Waals surface area contributed by atoms with E-state index in [0.717, 1.165) is 6.42 Å². The van der Waals surface area contributed by atoms with Crippen LogP contribution in [0.3, 0.4) is 0 Å². The second kappa shape index (κ2) is 9.31. The van der Waals surface area contributed by atoms with Crippen LogP contribution in [0.5, 0.6) is 23.0 Å². The molecule has 0 unspecified atom stereocenters. The van der Waals surface area contributed by atoms with Crippen LogP contribution in [-0.2, 0) is 0 Å². The van der Waals surface area contributed by atoms with Crippen LogP contribution in [-0.4, -0.2) is 29.8 Å². The maximum absolute atomic E-state index is 12.1. The molecule has 0 saturated carbocycles. The number of fused-ring (bicyclic) bond motifs is 1. The molecule has 0 saturated heterocycles. The van der Waals surface area contributed by atoms with E-state index >= 15 is 0 Å². The first-order valence-electron chi connectivity index (χ1n) is 9.84. The molecule has 3 aromatic rings. The number of carbonyl (C=O) groups excluding carboxylic acids is 1. The molecule has 0 spiro atoms. The van der Waals surface area contributed by atoms with Crippen LogP contribution in [0.4, 0.5) is 10.5 Å². The Balaban J connectivity index is 1.73. The number of urea groups is 1. The zero-order valence-electron chi connectivity index (χ0n) is 18.0. The number of ether oxygens (including phenoxy) is 2. The van der Waals surface area contributed by atoms with Gasteiger partial charge in [-0.25, -0.2) is 4.79 Å². The van der Waals surface area contributed by atoms with Gasteiger partial charge in [0.15, 0.2) is 11.5 Å². The number of pyridine rings is 1. The van der Waals surface area contributed by atoms with E-state index in [2.05, 4.69) is 36.4 Å². The Bertz CT molecular complexity index is 1100. The fourth-order valence-corrected chi connectivity index (χ4v) is 3.11. The van der Waals surface area contributed by atoms with Gasteiger partial charge in [0.2, 0.25) is 0 Å². The van der Waals surface area contributed by atoms with Gasteiger partial charge >= 0.3 is 6.03 Å². The Morgan fingerprint density at radius 2 is 1.94 bits per heavy atom. The van der Waals surface area contributed by atoms with Crippen molar-refractivity contribution in [2.24, 2.45) is 5.41 Å².